The minimum absolute atomic E-state index is 0.00302. The predicted octanol–water partition coefficient (Wildman–Crippen LogP) is 3.81. The molecule has 1 unspecified atom stereocenters. The number of carboxylic acid groups (broad SMARTS) is 1. The number of aromatic amines is 1. The van der Waals surface area contributed by atoms with Crippen LogP contribution in [0.25, 0.3) is 20.4 Å². The number of likely N-dealkylation sites (tertiary alicyclic amines) is 1. The normalized spacial score (nSPS) is 16.6. The lowest BCUT2D eigenvalue weighted by Crippen LogP contribution is -2.58. The van der Waals surface area contributed by atoms with Crippen molar-refractivity contribution in [1.29, 1.82) is 0 Å². The van der Waals surface area contributed by atoms with E-state index in [9.17, 15) is 19.8 Å². The first kappa shape index (κ1) is 35.4. The fraction of sp³-hybridized carbons (Fsp3) is 0.371. The van der Waals surface area contributed by atoms with Crippen molar-refractivity contribution < 1.29 is 34.4 Å². The van der Waals surface area contributed by atoms with E-state index in [1.165, 1.54) is 17.4 Å². The number of aromatic hydroxyl groups is 1. The van der Waals surface area contributed by atoms with Crippen LogP contribution in [-0.2, 0) is 16.1 Å². The second-order valence-corrected chi connectivity index (χ2v) is 14.2. The molecule has 0 aliphatic carbocycles. The SMILES string of the molecule is O=C(c1nc2ccccc2s1)N1CCOC2(CCN(CCOc3ccc(CNCC(O)c4ccc(O)c5[nH]c(=O)sc45)cc3)CC2)C1.O=CO. The number of nitrogens with one attached hydrogen (secondary N) is 2. The number of thiazole rings is 2. The number of phenolic OH excluding ortho intramolecular Hbond substituents is 1. The number of ether oxygens (including phenoxy) is 2. The quantitative estimate of drug-likeness (QED) is 0.133. The smallest absolute Gasteiger partial charge is 0.305 e. The predicted molar refractivity (Wildman–Crippen MR) is 191 cm³/mol. The summed E-state index contributed by atoms with van der Waals surface area (Å²) in [5.41, 5.74) is 2.57. The summed E-state index contributed by atoms with van der Waals surface area (Å²) >= 11 is 2.43. The van der Waals surface area contributed by atoms with Crippen molar-refractivity contribution in [2.75, 3.05) is 52.5 Å². The van der Waals surface area contributed by atoms with Gasteiger partial charge >= 0.3 is 4.87 Å². The maximum Gasteiger partial charge on any atom is 0.305 e. The van der Waals surface area contributed by atoms with E-state index >= 15 is 0 Å². The zero-order chi connectivity index (χ0) is 35.1. The number of hydrogen-bond donors (Lipinski definition) is 5. The van der Waals surface area contributed by atoms with Gasteiger partial charge < -0.3 is 40.0 Å². The largest absolute Gasteiger partial charge is 0.506 e. The van der Waals surface area contributed by atoms with Crippen LogP contribution in [0.2, 0.25) is 0 Å². The number of phenols is 1. The van der Waals surface area contributed by atoms with E-state index in [-0.39, 0.29) is 28.6 Å². The third kappa shape index (κ3) is 8.31. The van der Waals surface area contributed by atoms with Gasteiger partial charge in [-0.1, -0.05) is 41.7 Å². The Morgan fingerprint density at radius 3 is 2.62 bits per heavy atom. The monoisotopic (exact) mass is 721 g/mol. The average molecular weight is 722 g/mol. The third-order valence-corrected chi connectivity index (χ3v) is 10.9. The van der Waals surface area contributed by atoms with Gasteiger partial charge in [-0.25, -0.2) is 4.98 Å². The first-order valence-corrected chi connectivity index (χ1v) is 17.9. The van der Waals surface area contributed by atoms with Gasteiger partial charge in [0.2, 0.25) is 0 Å². The second kappa shape index (κ2) is 16.1. The molecule has 0 saturated carbocycles. The lowest BCUT2D eigenvalue weighted by Gasteiger charge is -2.47. The van der Waals surface area contributed by atoms with E-state index in [1.807, 2.05) is 53.4 Å². The number of carbonyl (C=O) groups excluding carboxylic acids is 1. The highest BCUT2D eigenvalue weighted by atomic mass is 32.1. The zero-order valence-corrected chi connectivity index (χ0v) is 28.9. The highest BCUT2D eigenvalue weighted by Crippen LogP contribution is 2.33. The van der Waals surface area contributed by atoms with Gasteiger partial charge in [-0.15, -0.1) is 11.3 Å². The van der Waals surface area contributed by atoms with Crippen molar-refractivity contribution in [2.45, 2.75) is 31.1 Å². The van der Waals surface area contributed by atoms with E-state index in [1.54, 1.807) is 6.07 Å². The number of aromatic nitrogens is 2. The zero-order valence-electron chi connectivity index (χ0n) is 27.2. The van der Waals surface area contributed by atoms with E-state index in [2.05, 4.69) is 20.2 Å². The van der Waals surface area contributed by atoms with Crippen LogP contribution in [0.3, 0.4) is 0 Å². The summed E-state index contributed by atoms with van der Waals surface area (Å²) in [5, 5.41) is 31.4. The molecule has 3 aromatic carbocycles. The van der Waals surface area contributed by atoms with Gasteiger partial charge in [-0.05, 0) is 48.7 Å². The Hall–Kier alpha value is -4.38. The molecule has 2 fully saturated rings. The number of benzene rings is 3. The molecule has 5 aromatic rings. The summed E-state index contributed by atoms with van der Waals surface area (Å²) in [5.74, 6) is 0.790. The fourth-order valence-electron chi connectivity index (χ4n) is 6.36. The number of rotatable bonds is 10. The Balaban J connectivity index is 0.00000139. The molecule has 2 saturated heterocycles. The topological polar surface area (TPSA) is 178 Å². The molecule has 50 heavy (non-hydrogen) atoms. The van der Waals surface area contributed by atoms with Gasteiger partial charge in [-0.3, -0.25) is 19.3 Å². The van der Waals surface area contributed by atoms with Crippen LogP contribution in [0.5, 0.6) is 11.5 Å². The van der Waals surface area contributed by atoms with Gasteiger partial charge in [0.05, 0.1) is 39.8 Å². The molecule has 1 spiro atoms. The van der Waals surface area contributed by atoms with Crippen molar-refractivity contribution in [1.82, 2.24) is 25.1 Å². The third-order valence-electron chi connectivity index (χ3n) is 8.99. The van der Waals surface area contributed by atoms with Crippen LogP contribution in [-0.4, -0.2) is 106 Å². The number of fused-ring (bicyclic) bond motifs is 2. The van der Waals surface area contributed by atoms with Crippen LogP contribution < -0.4 is 14.9 Å². The molecule has 1 amide bonds. The highest BCUT2D eigenvalue weighted by molar-refractivity contribution is 7.20. The Bertz CT molecular complexity index is 1940. The number of piperidine rings is 1. The van der Waals surface area contributed by atoms with Crippen LogP contribution in [0, 0.1) is 0 Å². The fourth-order valence-corrected chi connectivity index (χ4v) is 8.22. The molecule has 1 atom stereocenters. The number of nitrogens with zero attached hydrogens (tertiary/aromatic N) is 3. The molecule has 15 heteroatoms. The maximum atomic E-state index is 13.3. The molecule has 2 aliphatic heterocycles. The maximum absolute atomic E-state index is 13.3. The van der Waals surface area contributed by atoms with E-state index < -0.39 is 6.10 Å². The first-order chi connectivity index (χ1) is 24.3. The molecule has 2 aromatic heterocycles. The van der Waals surface area contributed by atoms with Crippen molar-refractivity contribution in [3.63, 3.8) is 0 Å². The van der Waals surface area contributed by atoms with E-state index in [0.29, 0.717) is 60.2 Å². The number of aliphatic hydroxyl groups is 1. The highest BCUT2D eigenvalue weighted by Gasteiger charge is 2.41. The molecule has 7 rings (SSSR count). The van der Waals surface area contributed by atoms with E-state index in [0.717, 1.165) is 65.3 Å². The first-order valence-electron chi connectivity index (χ1n) is 16.3. The summed E-state index contributed by atoms with van der Waals surface area (Å²) in [6.45, 7) is 5.51. The Labute approximate surface area is 295 Å². The van der Waals surface area contributed by atoms with Gasteiger partial charge in [0.15, 0.2) is 5.01 Å². The van der Waals surface area contributed by atoms with Crippen molar-refractivity contribution in [2.24, 2.45) is 0 Å². The molecule has 2 aliphatic rings. The standard InChI is InChI=1S/C34H37N5O6S2.CH2O2/c40-26-10-9-24(30-29(26)37-33(43)47-30)27(41)20-35-19-22-5-7-23(8-6-22)44-17-15-38-13-11-34(12-14-38)21-39(16-18-45-34)32(42)31-36-25-3-1-2-4-28(25)46-31;2-1-3/h1-10,27,35,40-41H,11-21H2,(H,37,43);1H,(H,2,3). The lowest BCUT2D eigenvalue weighted by molar-refractivity contribution is -0.127. The summed E-state index contributed by atoms with van der Waals surface area (Å²) in [6, 6.07) is 18.9. The molecule has 0 bridgehead atoms. The van der Waals surface area contributed by atoms with Crippen molar-refractivity contribution in [3.05, 3.63) is 86.5 Å². The van der Waals surface area contributed by atoms with E-state index in [4.69, 9.17) is 19.4 Å². The number of para-hydroxylation sites is 1. The second-order valence-electron chi connectivity index (χ2n) is 12.2. The number of H-pyrrole nitrogens is 1. The molecule has 264 valence electrons. The van der Waals surface area contributed by atoms with Crippen LogP contribution in [0.1, 0.15) is 39.9 Å². The van der Waals surface area contributed by atoms with Gasteiger partial charge in [0.25, 0.3) is 12.4 Å². The summed E-state index contributed by atoms with van der Waals surface area (Å²) in [6.07, 6.45) is 0.916. The average Bonchev–Trinajstić information content (AvgIpc) is 3.74. The van der Waals surface area contributed by atoms with Crippen LogP contribution in [0.15, 0.2) is 65.5 Å². The molecule has 5 N–H and O–H groups in total. The Kier molecular flexibility index (Phi) is 11.4. The Morgan fingerprint density at radius 2 is 1.86 bits per heavy atom. The van der Waals surface area contributed by atoms with Gasteiger partial charge in [-0.2, -0.15) is 0 Å². The molecular weight excluding hydrogens is 683 g/mol. The van der Waals surface area contributed by atoms with Crippen molar-refractivity contribution in [3.8, 4) is 11.5 Å². The number of amides is 1. The van der Waals surface area contributed by atoms with Gasteiger partial charge in [0, 0.05) is 44.8 Å². The van der Waals surface area contributed by atoms with Crippen molar-refractivity contribution >= 4 is 55.5 Å². The lowest BCUT2D eigenvalue weighted by atomic mass is 9.89. The number of morpholine rings is 1. The molecule has 0 radical (unpaired) electrons. The van der Waals surface area contributed by atoms with Crippen LogP contribution >= 0.6 is 22.7 Å². The minimum atomic E-state index is -0.826. The summed E-state index contributed by atoms with van der Waals surface area (Å²) in [4.78, 5) is 44.6. The Morgan fingerprint density at radius 1 is 1.10 bits per heavy atom. The molecule has 13 nitrogen and oxygen atoms in total. The van der Waals surface area contributed by atoms with Crippen LogP contribution in [0.4, 0.5) is 0 Å². The number of carbonyl (C=O) groups is 2. The van der Waals surface area contributed by atoms with Gasteiger partial charge in [0.1, 0.15) is 23.6 Å². The number of hydrogen-bond acceptors (Lipinski definition) is 12. The summed E-state index contributed by atoms with van der Waals surface area (Å²) < 4.78 is 13.9. The number of aliphatic hydroxyl groups excluding tert-OH is 1. The summed E-state index contributed by atoms with van der Waals surface area (Å²) in [7, 11) is 0. The molecule has 4 heterocycles. The minimum Gasteiger partial charge on any atom is -0.506 e. The molecular formula is C35H39N5O8S2.